The Labute approximate surface area is 105 Å². The average molecular weight is 252 g/mol. The first-order valence-electron chi connectivity index (χ1n) is 5.89. The number of thioether (sulfide) groups is 1. The van der Waals surface area contributed by atoms with Crippen molar-refractivity contribution in [3.8, 4) is 6.07 Å². The molecule has 1 fully saturated rings. The van der Waals surface area contributed by atoms with Gasteiger partial charge >= 0.3 is 0 Å². The summed E-state index contributed by atoms with van der Waals surface area (Å²) in [6.07, 6.45) is 3.36. The van der Waals surface area contributed by atoms with Crippen molar-refractivity contribution >= 4 is 11.8 Å². The summed E-state index contributed by atoms with van der Waals surface area (Å²) in [5.74, 6) is 0. The molecule has 92 valence electrons. The highest BCUT2D eigenvalue weighted by molar-refractivity contribution is 8.00. The van der Waals surface area contributed by atoms with Gasteiger partial charge in [-0.1, -0.05) is 18.7 Å². The zero-order chi connectivity index (χ0) is 12.1. The van der Waals surface area contributed by atoms with E-state index in [2.05, 4.69) is 26.9 Å². The van der Waals surface area contributed by atoms with Gasteiger partial charge in [0.2, 0.25) is 5.16 Å². The smallest absolute Gasteiger partial charge is 0.210 e. The number of nitrogens with one attached hydrogen (secondary N) is 1. The number of hydrogen-bond donors (Lipinski definition) is 1. The molecule has 2 rings (SSSR count). The van der Waals surface area contributed by atoms with Crippen LogP contribution in [0.1, 0.15) is 26.2 Å². The van der Waals surface area contributed by atoms with Crippen molar-refractivity contribution in [2.75, 3.05) is 6.54 Å². The molecule has 1 aromatic heterocycles. The topological polar surface area (TPSA) is 79.4 Å². The molecule has 17 heavy (non-hydrogen) atoms. The maximum atomic E-state index is 8.91. The second kappa shape index (κ2) is 5.98. The van der Waals surface area contributed by atoms with Crippen LogP contribution in [0.3, 0.4) is 0 Å². The lowest BCUT2D eigenvalue weighted by atomic mass is 10.4. The van der Waals surface area contributed by atoms with E-state index in [1.54, 1.807) is 4.68 Å². The molecule has 1 heterocycles. The van der Waals surface area contributed by atoms with Gasteiger partial charge in [0.25, 0.3) is 0 Å². The van der Waals surface area contributed by atoms with Crippen LogP contribution in [-0.4, -0.2) is 38.0 Å². The number of nitriles is 1. The molecule has 0 aliphatic heterocycles. The van der Waals surface area contributed by atoms with E-state index in [0.29, 0.717) is 6.04 Å². The Morgan fingerprint density at radius 3 is 3.12 bits per heavy atom. The van der Waals surface area contributed by atoms with Crippen LogP contribution in [0.5, 0.6) is 0 Å². The monoisotopic (exact) mass is 252 g/mol. The summed E-state index contributed by atoms with van der Waals surface area (Å²) < 4.78 is 1.76. The van der Waals surface area contributed by atoms with E-state index in [1.807, 2.05) is 6.92 Å². The van der Waals surface area contributed by atoms with Gasteiger partial charge in [0.1, 0.15) is 0 Å². The first-order valence-corrected chi connectivity index (χ1v) is 6.77. The maximum Gasteiger partial charge on any atom is 0.210 e. The molecule has 0 aromatic carbocycles. The Morgan fingerprint density at radius 2 is 2.47 bits per heavy atom. The van der Waals surface area contributed by atoms with Crippen LogP contribution in [0.4, 0.5) is 0 Å². The van der Waals surface area contributed by atoms with Gasteiger partial charge < -0.3 is 5.32 Å². The van der Waals surface area contributed by atoms with Crippen molar-refractivity contribution in [3.05, 3.63) is 0 Å². The summed E-state index contributed by atoms with van der Waals surface area (Å²) in [6, 6.07) is 2.94. The normalized spacial score (nSPS) is 16.7. The lowest BCUT2D eigenvalue weighted by molar-refractivity contribution is 0.509. The molecule has 1 aliphatic rings. The Morgan fingerprint density at radius 1 is 1.65 bits per heavy atom. The van der Waals surface area contributed by atoms with Crippen LogP contribution in [0.25, 0.3) is 0 Å². The van der Waals surface area contributed by atoms with Crippen molar-refractivity contribution in [2.45, 2.75) is 49.2 Å². The summed E-state index contributed by atoms with van der Waals surface area (Å²) in [6.45, 7) is 3.63. The molecule has 1 N–H and O–H groups in total. The highest BCUT2D eigenvalue weighted by atomic mass is 32.2. The zero-order valence-corrected chi connectivity index (χ0v) is 10.7. The Kier molecular flexibility index (Phi) is 4.34. The van der Waals surface area contributed by atoms with Crippen LogP contribution in [-0.2, 0) is 6.54 Å². The van der Waals surface area contributed by atoms with Gasteiger partial charge in [0.15, 0.2) is 0 Å². The highest BCUT2D eigenvalue weighted by Crippen LogP contribution is 2.22. The molecule has 1 aromatic rings. The lowest BCUT2D eigenvalue weighted by Crippen LogP contribution is -2.22. The zero-order valence-electron chi connectivity index (χ0n) is 9.83. The second-order valence-electron chi connectivity index (χ2n) is 4.06. The molecule has 7 heteroatoms. The highest BCUT2D eigenvalue weighted by Gasteiger charge is 2.20. The Balaban J connectivity index is 1.84. The molecule has 0 amide bonds. The van der Waals surface area contributed by atoms with Crippen LogP contribution in [0.2, 0.25) is 0 Å². The third-order valence-corrected chi connectivity index (χ3v) is 3.82. The fourth-order valence-corrected chi connectivity index (χ4v) is 2.22. The quantitative estimate of drug-likeness (QED) is 0.724. The molecule has 6 nitrogen and oxygen atoms in total. The third kappa shape index (κ3) is 3.68. The van der Waals surface area contributed by atoms with Gasteiger partial charge in [-0.25, -0.2) is 4.68 Å². The second-order valence-corrected chi connectivity index (χ2v) is 5.23. The summed E-state index contributed by atoms with van der Waals surface area (Å²) >= 11 is 1.43. The van der Waals surface area contributed by atoms with Gasteiger partial charge in [-0.3, -0.25) is 0 Å². The van der Waals surface area contributed by atoms with Gasteiger partial charge in [-0.2, -0.15) is 5.26 Å². The standard InChI is InChI=1S/C10H16N6S/c1-2-9(7-11)17-10-13-14-15-16(10)6-5-12-8-3-4-8/h8-9,12H,2-6H2,1H3. The minimum atomic E-state index is -0.0730. The van der Waals surface area contributed by atoms with Gasteiger partial charge in [-0.15, -0.1) is 5.10 Å². The molecule has 0 radical (unpaired) electrons. The predicted molar refractivity (Wildman–Crippen MR) is 64.4 cm³/mol. The van der Waals surface area contributed by atoms with E-state index < -0.39 is 0 Å². The number of nitrogens with zero attached hydrogens (tertiary/aromatic N) is 5. The summed E-state index contributed by atoms with van der Waals surface area (Å²) in [5.41, 5.74) is 0. The van der Waals surface area contributed by atoms with E-state index in [4.69, 9.17) is 5.26 Å². The first kappa shape index (κ1) is 12.3. The molecule has 1 saturated carbocycles. The molecule has 1 aliphatic carbocycles. The van der Waals surface area contributed by atoms with Gasteiger partial charge in [0.05, 0.1) is 17.9 Å². The predicted octanol–water partition coefficient (Wildman–Crippen LogP) is 0.819. The number of tetrazole rings is 1. The van der Waals surface area contributed by atoms with Crippen molar-refractivity contribution in [3.63, 3.8) is 0 Å². The fraction of sp³-hybridized carbons (Fsp3) is 0.800. The maximum absolute atomic E-state index is 8.91. The average Bonchev–Trinajstić information content (AvgIpc) is 3.06. The molecule has 0 bridgehead atoms. The van der Waals surface area contributed by atoms with Crippen molar-refractivity contribution in [1.29, 1.82) is 5.26 Å². The van der Waals surface area contributed by atoms with E-state index >= 15 is 0 Å². The third-order valence-electron chi connectivity index (χ3n) is 2.60. The summed E-state index contributed by atoms with van der Waals surface area (Å²) in [7, 11) is 0. The summed E-state index contributed by atoms with van der Waals surface area (Å²) in [5, 5.41) is 24.5. The number of hydrogen-bond acceptors (Lipinski definition) is 6. The number of aromatic nitrogens is 4. The number of rotatable bonds is 7. The van der Waals surface area contributed by atoms with Crippen LogP contribution in [0.15, 0.2) is 5.16 Å². The SMILES string of the molecule is CCC(C#N)Sc1nnnn1CCNC1CC1. The van der Waals surface area contributed by atoms with Crippen molar-refractivity contribution in [2.24, 2.45) is 0 Å². The fourth-order valence-electron chi connectivity index (χ4n) is 1.41. The van der Waals surface area contributed by atoms with E-state index in [0.717, 1.165) is 24.7 Å². The minimum Gasteiger partial charge on any atom is -0.312 e. The largest absolute Gasteiger partial charge is 0.312 e. The molecular formula is C10H16N6S. The Bertz CT molecular complexity index is 394. The van der Waals surface area contributed by atoms with Crippen molar-refractivity contribution < 1.29 is 0 Å². The van der Waals surface area contributed by atoms with E-state index in [-0.39, 0.29) is 5.25 Å². The minimum absolute atomic E-state index is 0.0730. The molecule has 1 atom stereocenters. The van der Waals surface area contributed by atoms with Crippen LogP contribution < -0.4 is 5.32 Å². The van der Waals surface area contributed by atoms with Crippen molar-refractivity contribution in [1.82, 2.24) is 25.5 Å². The lowest BCUT2D eigenvalue weighted by Gasteiger charge is -2.07. The molecular weight excluding hydrogens is 236 g/mol. The van der Waals surface area contributed by atoms with Gasteiger partial charge in [0, 0.05) is 12.6 Å². The first-order chi connectivity index (χ1) is 8.33. The van der Waals surface area contributed by atoms with Crippen LogP contribution >= 0.6 is 11.8 Å². The van der Waals surface area contributed by atoms with Gasteiger partial charge in [-0.05, 0) is 29.7 Å². The molecule has 1 unspecified atom stereocenters. The molecule has 0 saturated heterocycles. The van der Waals surface area contributed by atoms with Crippen LogP contribution in [0, 0.1) is 11.3 Å². The Hall–Kier alpha value is -1.13. The summed E-state index contributed by atoms with van der Waals surface area (Å²) in [4.78, 5) is 0. The molecule has 0 spiro atoms. The van der Waals surface area contributed by atoms with E-state index in [1.165, 1.54) is 24.6 Å². The van der Waals surface area contributed by atoms with E-state index in [9.17, 15) is 0 Å².